The number of rotatable bonds is 7. The molecule has 23 heavy (non-hydrogen) atoms. The highest BCUT2D eigenvalue weighted by Crippen LogP contribution is 2.29. The molecule has 0 aliphatic heterocycles. The first-order chi connectivity index (χ1) is 11.1. The van der Waals surface area contributed by atoms with Gasteiger partial charge in [-0.1, -0.05) is 0 Å². The van der Waals surface area contributed by atoms with Gasteiger partial charge in [0.2, 0.25) is 5.95 Å². The molecule has 1 aromatic carbocycles. The number of aromatic nitrogens is 2. The Bertz CT molecular complexity index is 661. The molecule has 4 N–H and O–H groups in total. The third-order valence-electron chi connectivity index (χ3n) is 3.41. The molecule has 6 nitrogen and oxygen atoms in total. The van der Waals surface area contributed by atoms with Gasteiger partial charge in [0.25, 0.3) is 0 Å². The van der Waals surface area contributed by atoms with Gasteiger partial charge >= 0.3 is 6.61 Å². The molecule has 0 atom stereocenters. The molecule has 0 radical (unpaired) electrons. The summed E-state index contributed by atoms with van der Waals surface area (Å²) in [5, 5.41) is 6.21. The van der Waals surface area contributed by atoms with E-state index < -0.39 is 6.61 Å². The maximum Gasteiger partial charge on any atom is 0.387 e. The van der Waals surface area contributed by atoms with Crippen LogP contribution in [0.3, 0.4) is 0 Å². The third kappa shape index (κ3) is 4.41. The molecule has 1 heterocycles. The molecule has 1 saturated carbocycles. The summed E-state index contributed by atoms with van der Waals surface area (Å²) in [5.74, 6) is 1.76. The number of ether oxygens (including phenoxy) is 1. The molecule has 8 heteroatoms. The SMILES string of the molecule is Nc1cnc(NCC2CC2)nc1Nc1ccc(OC(F)F)cc1. The minimum absolute atomic E-state index is 0.0907. The van der Waals surface area contributed by atoms with Crippen molar-refractivity contribution in [1.29, 1.82) is 0 Å². The van der Waals surface area contributed by atoms with Crippen LogP contribution in [0.5, 0.6) is 5.75 Å². The van der Waals surface area contributed by atoms with Crippen molar-refractivity contribution in [2.45, 2.75) is 19.5 Å². The van der Waals surface area contributed by atoms with Crippen molar-refractivity contribution in [3.05, 3.63) is 30.5 Å². The highest BCUT2D eigenvalue weighted by Gasteiger charge is 2.21. The number of nitrogen functional groups attached to an aromatic ring is 1. The number of nitrogens with one attached hydrogen (secondary N) is 2. The van der Waals surface area contributed by atoms with Crippen LogP contribution in [0.15, 0.2) is 30.5 Å². The van der Waals surface area contributed by atoms with Crippen LogP contribution in [-0.4, -0.2) is 23.1 Å². The first-order valence-corrected chi connectivity index (χ1v) is 7.28. The van der Waals surface area contributed by atoms with E-state index in [1.54, 1.807) is 12.1 Å². The Labute approximate surface area is 132 Å². The van der Waals surface area contributed by atoms with Crippen molar-refractivity contribution in [1.82, 2.24) is 9.97 Å². The molecule has 0 unspecified atom stereocenters. The number of benzene rings is 1. The lowest BCUT2D eigenvalue weighted by Gasteiger charge is -2.11. The Kier molecular flexibility index (Phi) is 4.40. The van der Waals surface area contributed by atoms with Gasteiger partial charge in [-0.15, -0.1) is 0 Å². The van der Waals surface area contributed by atoms with E-state index in [2.05, 4.69) is 25.3 Å². The summed E-state index contributed by atoms with van der Waals surface area (Å²) in [5.41, 5.74) is 6.92. The number of hydrogen-bond donors (Lipinski definition) is 3. The number of anilines is 4. The van der Waals surface area contributed by atoms with Crippen molar-refractivity contribution < 1.29 is 13.5 Å². The minimum Gasteiger partial charge on any atom is -0.435 e. The van der Waals surface area contributed by atoms with E-state index in [4.69, 9.17) is 5.73 Å². The van der Waals surface area contributed by atoms with Gasteiger partial charge < -0.3 is 21.1 Å². The second-order valence-corrected chi connectivity index (χ2v) is 5.35. The van der Waals surface area contributed by atoms with Gasteiger partial charge in [-0.3, -0.25) is 0 Å². The summed E-state index contributed by atoms with van der Waals surface area (Å²) in [6, 6.07) is 6.10. The molecule has 0 spiro atoms. The van der Waals surface area contributed by atoms with Gasteiger partial charge in [0.1, 0.15) is 5.75 Å². The van der Waals surface area contributed by atoms with Crippen molar-refractivity contribution in [3.8, 4) is 5.75 Å². The molecule has 0 amide bonds. The van der Waals surface area contributed by atoms with E-state index in [0.717, 1.165) is 6.54 Å². The fourth-order valence-electron chi connectivity index (χ4n) is 1.99. The van der Waals surface area contributed by atoms with Gasteiger partial charge in [-0.05, 0) is 43.0 Å². The average molecular weight is 321 g/mol. The van der Waals surface area contributed by atoms with Crippen molar-refractivity contribution >= 4 is 23.1 Å². The quantitative estimate of drug-likeness (QED) is 0.726. The zero-order chi connectivity index (χ0) is 16.2. The lowest BCUT2D eigenvalue weighted by molar-refractivity contribution is -0.0498. The standard InChI is InChI=1S/C15H17F2N5O/c16-14(17)23-11-5-3-10(4-6-11)21-13-12(18)8-20-15(22-13)19-7-9-1-2-9/h3-6,8-9,14H,1-2,7,18H2,(H2,19,20,21,22). The van der Waals surface area contributed by atoms with Crippen molar-refractivity contribution in [3.63, 3.8) is 0 Å². The first-order valence-electron chi connectivity index (χ1n) is 7.28. The molecule has 3 rings (SSSR count). The molecule has 1 aliphatic rings. The lowest BCUT2D eigenvalue weighted by Crippen LogP contribution is -2.09. The Hall–Kier alpha value is -2.64. The molecule has 0 bridgehead atoms. The van der Waals surface area contributed by atoms with Gasteiger partial charge in [0, 0.05) is 12.2 Å². The number of alkyl halides is 2. The first kappa shape index (κ1) is 15.3. The van der Waals surface area contributed by atoms with Gasteiger partial charge in [-0.2, -0.15) is 13.8 Å². The van der Waals surface area contributed by atoms with Gasteiger partial charge in [0.05, 0.1) is 11.9 Å². The number of halogens is 2. The Morgan fingerprint density at radius 1 is 1.26 bits per heavy atom. The predicted molar refractivity (Wildman–Crippen MR) is 84.0 cm³/mol. The zero-order valence-corrected chi connectivity index (χ0v) is 12.3. The molecular weight excluding hydrogens is 304 g/mol. The largest absolute Gasteiger partial charge is 0.435 e. The van der Waals surface area contributed by atoms with E-state index in [0.29, 0.717) is 29.1 Å². The molecule has 0 saturated heterocycles. The van der Waals surface area contributed by atoms with E-state index in [-0.39, 0.29) is 5.75 Å². The van der Waals surface area contributed by atoms with E-state index >= 15 is 0 Å². The fourth-order valence-corrected chi connectivity index (χ4v) is 1.99. The lowest BCUT2D eigenvalue weighted by atomic mass is 10.3. The third-order valence-corrected chi connectivity index (χ3v) is 3.41. The molecular formula is C15H17F2N5O. The van der Waals surface area contributed by atoms with E-state index in [1.165, 1.54) is 31.2 Å². The van der Waals surface area contributed by atoms with Gasteiger partial charge in [0.15, 0.2) is 5.82 Å². The highest BCUT2D eigenvalue weighted by molar-refractivity contribution is 5.69. The Balaban J connectivity index is 1.66. The van der Waals surface area contributed by atoms with Crippen molar-refractivity contribution in [2.75, 3.05) is 22.9 Å². The Morgan fingerprint density at radius 3 is 2.65 bits per heavy atom. The minimum atomic E-state index is -2.84. The van der Waals surface area contributed by atoms with Crippen LogP contribution in [0.4, 0.5) is 31.9 Å². The second-order valence-electron chi connectivity index (χ2n) is 5.35. The van der Waals surface area contributed by atoms with Crippen LogP contribution in [0, 0.1) is 5.92 Å². The van der Waals surface area contributed by atoms with E-state index in [9.17, 15) is 8.78 Å². The smallest absolute Gasteiger partial charge is 0.387 e. The van der Waals surface area contributed by atoms with Crippen LogP contribution in [-0.2, 0) is 0 Å². The molecule has 1 fully saturated rings. The van der Waals surface area contributed by atoms with Crippen molar-refractivity contribution in [2.24, 2.45) is 5.92 Å². The molecule has 1 aromatic heterocycles. The molecule has 1 aliphatic carbocycles. The van der Waals surface area contributed by atoms with Crippen LogP contribution in [0.25, 0.3) is 0 Å². The number of nitrogens with zero attached hydrogens (tertiary/aromatic N) is 2. The van der Waals surface area contributed by atoms with Crippen LogP contribution >= 0.6 is 0 Å². The zero-order valence-electron chi connectivity index (χ0n) is 12.3. The summed E-state index contributed by atoms with van der Waals surface area (Å²) < 4.78 is 28.5. The normalized spacial score (nSPS) is 13.9. The summed E-state index contributed by atoms with van der Waals surface area (Å²) >= 11 is 0. The maximum absolute atomic E-state index is 12.1. The monoisotopic (exact) mass is 321 g/mol. The van der Waals surface area contributed by atoms with Gasteiger partial charge in [-0.25, -0.2) is 4.98 Å². The fraction of sp³-hybridized carbons (Fsp3) is 0.333. The van der Waals surface area contributed by atoms with E-state index in [1.807, 2.05) is 0 Å². The predicted octanol–water partition coefficient (Wildman–Crippen LogP) is 3.23. The average Bonchev–Trinajstić information content (AvgIpc) is 3.34. The highest BCUT2D eigenvalue weighted by atomic mass is 19.3. The molecule has 122 valence electrons. The second kappa shape index (κ2) is 6.64. The van der Waals surface area contributed by atoms with Crippen LogP contribution in [0.1, 0.15) is 12.8 Å². The summed E-state index contributed by atoms with van der Waals surface area (Å²) in [6.45, 7) is -1.99. The Morgan fingerprint density at radius 2 is 2.00 bits per heavy atom. The number of hydrogen-bond acceptors (Lipinski definition) is 6. The van der Waals surface area contributed by atoms with Crippen LogP contribution in [0.2, 0.25) is 0 Å². The number of nitrogens with two attached hydrogens (primary N) is 1. The topological polar surface area (TPSA) is 85.1 Å². The van der Waals surface area contributed by atoms with Crippen LogP contribution < -0.4 is 21.1 Å². The summed E-state index contributed by atoms with van der Waals surface area (Å²) in [7, 11) is 0. The maximum atomic E-state index is 12.1. The molecule has 2 aromatic rings. The summed E-state index contributed by atoms with van der Waals surface area (Å²) in [6.07, 6.45) is 4.00. The summed E-state index contributed by atoms with van der Waals surface area (Å²) in [4.78, 5) is 8.47.